The van der Waals surface area contributed by atoms with E-state index < -0.39 is 0 Å². The zero-order valence-corrected chi connectivity index (χ0v) is 14.1. The number of rotatable bonds is 3. The van der Waals surface area contributed by atoms with Gasteiger partial charge in [-0.15, -0.1) is 0 Å². The Kier molecular flexibility index (Phi) is 3.90. The molecular weight excluding hydrogens is 328 g/mol. The van der Waals surface area contributed by atoms with Gasteiger partial charge in [0, 0.05) is 23.5 Å². The van der Waals surface area contributed by atoms with Gasteiger partial charge < -0.3 is 10.1 Å². The molecule has 6 heteroatoms. The minimum Gasteiger partial charge on any atom is -0.497 e. The first-order chi connectivity index (χ1) is 12.7. The van der Waals surface area contributed by atoms with Crippen LogP contribution in [-0.2, 0) is 4.79 Å². The lowest BCUT2D eigenvalue weighted by Gasteiger charge is -2.24. The number of hydrogen-bond acceptors (Lipinski definition) is 4. The largest absolute Gasteiger partial charge is 0.497 e. The number of fused-ring (bicyclic) bond motifs is 1. The number of hydrogen-bond donors (Lipinski definition) is 2. The lowest BCUT2D eigenvalue weighted by atomic mass is 9.82. The van der Waals surface area contributed by atoms with Gasteiger partial charge in [-0.2, -0.15) is 10.4 Å². The highest BCUT2D eigenvalue weighted by molar-refractivity contribution is 5.96. The summed E-state index contributed by atoms with van der Waals surface area (Å²) >= 11 is 0. The van der Waals surface area contributed by atoms with E-state index in [1.54, 1.807) is 13.2 Å². The number of amides is 1. The average Bonchev–Trinajstić information content (AvgIpc) is 3.11. The number of aromatic amines is 1. The topological polar surface area (TPSA) is 90.8 Å². The van der Waals surface area contributed by atoms with Crippen LogP contribution < -0.4 is 10.1 Å². The van der Waals surface area contributed by atoms with Crippen molar-refractivity contribution in [1.82, 2.24) is 10.2 Å². The van der Waals surface area contributed by atoms with Gasteiger partial charge in [-0.3, -0.25) is 9.89 Å². The molecule has 2 N–H and O–H groups in total. The monoisotopic (exact) mass is 344 g/mol. The van der Waals surface area contributed by atoms with E-state index in [0.29, 0.717) is 11.4 Å². The molecule has 1 amide bonds. The zero-order chi connectivity index (χ0) is 18.1. The normalized spacial score (nSPS) is 15.7. The summed E-state index contributed by atoms with van der Waals surface area (Å²) < 4.78 is 5.22. The van der Waals surface area contributed by atoms with Gasteiger partial charge >= 0.3 is 0 Å². The van der Waals surface area contributed by atoms with E-state index in [4.69, 9.17) is 4.74 Å². The predicted molar refractivity (Wildman–Crippen MR) is 96.8 cm³/mol. The molecule has 1 aromatic heterocycles. The quantitative estimate of drug-likeness (QED) is 0.761. The van der Waals surface area contributed by atoms with Crippen molar-refractivity contribution in [2.45, 2.75) is 12.3 Å². The van der Waals surface area contributed by atoms with Crippen LogP contribution in [0.5, 0.6) is 5.75 Å². The van der Waals surface area contributed by atoms with E-state index in [-0.39, 0.29) is 18.2 Å². The molecule has 1 atom stereocenters. The highest BCUT2D eigenvalue weighted by Crippen LogP contribution is 2.42. The van der Waals surface area contributed by atoms with Gasteiger partial charge in [-0.25, -0.2) is 0 Å². The third-order valence-corrected chi connectivity index (χ3v) is 4.64. The number of carbonyl (C=O) groups excluding carboxylic acids is 1. The van der Waals surface area contributed by atoms with E-state index in [1.165, 1.54) is 0 Å². The van der Waals surface area contributed by atoms with Crippen LogP contribution in [0.25, 0.3) is 11.3 Å². The molecule has 1 aliphatic heterocycles. The fraction of sp³-hybridized carbons (Fsp3) is 0.150. The number of aromatic nitrogens is 2. The third-order valence-electron chi connectivity index (χ3n) is 4.64. The molecule has 0 unspecified atom stereocenters. The van der Waals surface area contributed by atoms with E-state index in [9.17, 15) is 10.1 Å². The standard InChI is InChI=1S/C20H16N4O2/c1-26-14-8-6-12(7-9-14)19-18-16(10-17(25)22-20(18)24-23-19)15-5-3-2-4-13(15)11-21/h2-9,16H,10H2,1H3,(H2,22,23,24,25)/t16-/m0/s1. The summed E-state index contributed by atoms with van der Waals surface area (Å²) in [7, 11) is 1.62. The van der Waals surface area contributed by atoms with Gasteiger partial charge in [0.05, 0.1) is 24.4 Å². The maximum absolute atomic E-state index is 12.2. The van der Waals surface area contributed by atoms with Crippen LogP contribution >= 0.6 is 0 Å². The smallest absolute Gasteiger partial charge is 0.226 e. The Morgan fingerprint density at radius 2 is 1.96 bits per heavy atom. The zero-order valence-electron chi connectivity index (χ0n) is 14.1. The fourth-order valence-corrected chi connectivity index (χ4v) is 3.40. The summed E-state index contributed by atoms with van der Waals surface area (Å²) in [4.78, 5) is 12.2. The summed E-state index contributed by atoms with van der Waals surface area (Å²) in [6.45, 7) is 0. The SMILES string of the molecule is COc1ccc(-c2[nH]nc3c2[C@H](c2ccccc2C#N)CC(=O)N3)cc1. The van der Waals surface area contributed by atoms with Crippen LogP contribution in [0.1, 0.15) is 29.0 Å². The molecule has 1 aliphatic rings. The van der Waals surface area contributed by atoms with E-state index in [0.717, 1.165) is 28.1 Å². The van der Waals surface area contributed by atoms with Crippen LogP contribution in [0.2, 0.25) is 0 Å². The molecule has 0 saturated heterocycles. The summed E-state index contributed by atoms with van der Waals surface area (Å²) in [5.41, 5.74) is 4.08. The molecule has 2 aromatic carbocycles. The summed E-state index contributed by atoms with van der Waals surface area (Å²) in [6.07, 6.45) is 0.272. The summed E-state index contributed by atoms with van der Waals surface area (Å²) in [5, 5.41) is 19.6. The number of H-pyrrole nitrogens is 1. The molecule has 0 fully saturated rings. The van der Waals surface area contributed by atoms with E-state index in [2.05, 4.69) is 21.6 Å². The van der Waals surface area contributed by atoms with Crippen LogP contribution in [0, 0.1) is 11.3 Å². The molecule has 2 heterocycles. The molecule has 0 radical (unpaired) electrons. The lowest BCUT2D eigenvalue weighted by Crippen LogP contribution is -2.23. The van der Waals surface area contributed by atoms with Crippen LogP contribution in [-0.4, -0.2) is 23.2 Å². The Labute approximate surface area is 150 Å². The minimum absolute atomic E-state index is 0.108. The predicted octanol–water partition coefficient (Wildman–Crippen LogP) is 3.43. The van der Waals surface area contributed by atoms with Gasteiger partial charge in [0.25, 0.3) is 0 Å². The molecule has 0 spiro atoms. The minimum atomic E-state index is -0.231. The first-order valence-electron chi connectivity index (χ1n) is 8.23. The molecule has 128 valence electrons. The van der Waals surface area contributed by atoms with Gasteiger partial charge in [-0.1, -0.05) is 18.2 Å². The van der Waals surface area contributed by atoms with Crippen molar-refractivity contribution in [2.75, 3.05) is 12.4 Å². The number of nitrogens with one attached hydrogen (secondary N) is 2. The second-order valence-electron chi connectivity index (χ2n) is 6.09. The molecular formula is C20H16N4O2. The number of nitriles is 1. The van der Waals surface area contributed by atoms with Crippen molar-refractivity contribution in [3.8, 4) is 23.1 Å². The Hall–Kier alpha value is -3.59. The molecule has 0 bridgehead atoms. The van der Waals surface area contributed by atoms with E-state index in [1.807, 2.05) is 42.5 Å². The van der Waals surface area contributed by atoms with Crippen LogP contribution in [0.3, 0.4) is 0 Å². The number of nitrogens with zero attached hydrogens (tertiary/aromatic N) is 2. The molecule has 3 aromatic rings. The molecule has 4 rings (SSSR count). The molecule has 0 aliphatic carbocycles. The maximum atomic E-state index is 12.2. The van der Waals surface area contributed by atoms with Crippen molar-refractivity contribution < 1.29 is 9.53 Å². The number of carbonyl (C=O) groups is 1. The highest BCUT2D eigenvalue weighted by atomic mass is 16.5. The first kappa shape index (κ1) is 15.9. The Bertz CT molecular complexity index is 1020. The lowest BCUT2D eigenvalue weighted by molar-refractivity contribution is -0.116. The summed E-state index contributed by atoms with van der Waals surface area (Å²) in [6, 6.07) is 17.2. The third kappa shape index (κ3) is 2.60. The van der Waals surface area contributed by atoms with Gasteiger partial charge in [0.2, 0.25) is 5.91 Å². The van der Waals surface area contributed by atoms with Gasteiger partial charge in [0.1, 0.15) is 5.75 Å². The highest BCUT2D eigenvalue weighted by Gasteiger charge is 2.33. The second kappa shape index (κ2) is 6.37. The number of benzene rings is 2. The summed E-state index contributed by atoms with van der Waals surface area (Å²) in [5.74, 6) is 0.945. The molecule has 26 heavy (non-hydrogen) atoms. The van der Waals surface area contributed by atoms with Crippen molar-refractivity contribution in [3.63, 3.8) is 0 Å². The van der Waals surface area contributed by atoms with E-state index >= 15 is 0 Å². The van der Waals surface area contributed by atoms with Crippen LogP contribution in [0.15, 0.2) is 48.5 Å². The molecule has 0 saturated carbocycles. The van der Waals surface area contributed by atoms with Crippen molar-refractivity contribution in [2.24, 2.45) is 0 Å². The fourth-order valence-electron chi connectivity index (χ4n) is 3.40. The van der Waals surface area contributed by atoms with Gasteiger partial charge in [0.15, 0.2) is 5.82 Å². The van der Waals surface area contributed by atoms with Crippen molar-refractivity contribution in [3.05, 3.63) is 65.2 Å². The number of ether oxygens (including phenoxy) is 1. The molecule has 6 nitrogen and oxygen atoms in total. The number of anilines is 1. The Morgan fingerprint density at radius 1 is 1.19 bits per heavy atom. The van der Waals surface area contributed by atoms with Crippen molar-refractivity contribution in [1.29, 1.82) is 5.26 Å². The van der Waals surface area contributed by atoms with Crippen molar-refractivity contribution >= 4 is 11.7 Å². The number of methoxy groups -OCH3 is 1. The Balaban J connectivity index is 1.87. The maximum Gasteiger partial charge on any atom is 0.226 e. The second-order valence-corrected chi connectivity index (χ2v) is 6.09. The Morgan fingerprint density at radius 3 is 2.69 bits per heavy atom. The average molecular weight is 344 g/mol. The van der Waals surface area contributed by atoms with Crippen LogP contribution in [0.4, 0.5) is 5.82 Å². The van der Waals surface area contributed by atoms with Gasteiger partial charge in [-0.05, 0) is 35.9 Å². The first-order valence-corrected chi connectivity index (χ1v) is 8.23.